The summed E-state index contributed by atoms with van der Waals surface area (Å²) in [5, 5.41) is 9.89. The molecule has 0 bridgehead atoms. The average molecular weight is 864 g/mol. The number of hydrogen-bond acceptors (Lipinski definition) is 6. The highest BCUT2D eigenvalue weighted by atomic mass is 79.9. The molecule has 0 spiro atoms. The molecule has 320 valence electrons. The molecule has 0 radical (unpaired) electrons. The molecule has 0 heterocycles. The van der Waals surface area contributed by atoms with Gasteiger partial charge in [-0.3, -0.25) is 9.59 Å². The van der Waals surface area contributed by atoms with Crippen LogP contribution in [0.5, 0.6) is 23.0 Å². The summed E-state index contributed by atoms with van der Waals surface area (Å²) in [5.74, 6) is 3.27. The lowest BCUT2D eigenvalue weighted by atomic mass is 9.92. The van der Waals surface area contributed by atoms with Crippen molar-refractivity contribution in [1.82, 2.24) is 9.80 Å². The zero-order valence-electron chi connectivity index (χ0n) is 39.8. The van der Waals surface area contributed by atoms with Gasteiger partial charge in [-0.1, -0.05) is 22.0 Å². The molecule has 0 aliphatic rings. The summed E-state index contributed by atoms with van der Waals surface area (Å²) in [7, 11) is 12.1. The summed E-state index contributed by atoms with van der Waals surface area (Å²) in [4.78, 5) is 27.4. The van der Waals surface area contributed by atoms with E-state index in [-0.39, 0.29) is 11.8 Å². The fourth-order valence-corrected chi connectivity index (χ4v) is 7.59. The van der Waals surface area contributed by atoms with Crippen LogP contribution >= 0.6 is 15.9 Å². The van der Waals surface area contributed by atoms with E-state index in [2.05, 4.69) is 77.4 Å². The molecule has 8 nitrogen and oxygen atoms in total. The largest absolute Gasteiger partial charge is 0.507 e. The number of benzene rings is 4. The first-order valence-electron chi connectivity index (χ1n) is 19.5. The molecule has 0 fully saturated rings. The second kappa shape index (κ2) is 21.5. The Morgan fingerprint density at radius 3 is 0.931 bits per heavy atom. The van der Waals surface area contributed by atoms with Crippen LogP contribution in [0.3, 0.4) is 0 Å². The highest BCUT2D eigenvalue weighted by molar-refractivity contribution is 9.10. The maximum Gasteiger partial charge on any atom is 0.253 e. The first kappa shape index (κ1) is 51.5. The summed E-state index contributed by atoms with van der Waals surface area (Å²) in [6.07, 6.45) is 0. The van der Waals surface area contributed by atoms with Gasteiger partial charge in [-0.15, -0.1) is 0 Å². The van der Waals surface area contributed by atoms with Gasteiger partial charge in [0.25, 0.3) is 11.8 Å². The highest BCUT2D eigenvalue weighted by Crippen LogP contribution is 2.36. The molecule has 0 saturated carbocycles. The molecule has 58 heavy (non-hydrogen) atoms. The van der Waals surface area contributed by atoms with Crippen molar-refractivity contribution in [1.29, 1.82) is 0 Å². The number of aromatic hydroxyl groups is 1. The number of methoxy groups -OCH3 is 3. The van der Waals surface area contributed by atoms with Gasteiger partial charge in [-0.2, -0.15) is 0 Å². The molecule has 4 rings (SSSR count). The quantitative estimate of drug-likeness (QED) is 0.215. The number of amides is 2. The molecular formula is C49H71BrN2O6. The van der Waals surface area contributed by atoms with Gasteiger partial charge >= 0.3 is 0 Å². The number of carbonyl (C=O) groups excluding carboxylic acids is 2. The summed E-state index contributed by atoms with van der Waals surface area (Å²) in [6, 6.07) is 2.20. The van der Waals surface area contributed by atoms with Gasteiger partial charge in [0.05, 0.1) is 21.3 Å². The second-order valence-corrected chi connectivity index (χ2v) is 16.5. The lowest BCUT2D eigenvalue weighted by Crippen LogP contribution is -2.24. The minimum absolute atomic E-state index is 0.0128. The molecule has 0 aliphatic carbocycles. The van der Waals surface area contributed by atoms with Gasteiger partial charge in [0, 0.05) is 43.8 Å². The van der Waals surface area contributed by atoms with Gasteiger partial charge in [-0.25, -0.2) is 0 Å². The second-order valence-electron chi connectivity index (χ2n) is 15.7. The van der Waals surface area contributed by atoms with Crippen LogP contribution in [0, 0.1) is 111 Å². The highest BCUT2D eigenvalue weighted by Gasteiger charge is 2.22. The first-order valence-corrected chi connectivity index (χ1v) is 20.3. The lowest BCUT2D eigenvalue weighted by Gasteiger charge is -2.21. The third-order valence-corrected chi connectivity index (χ3v) is 12.9. The topological polar surface area (TPSA) is 88.5 Å². The van der Waals surface area contributed by atoms with E-state index in [1.54, 1.807) is 59.3 Å². The van der Waals surface area contributed by atoms with Crippen LogP contribution in [0.2, 0.25) is 0 Å². The Bertz CT molecular complexity index is 2050. The van der Waals surface area contributed by atoms with Crippen molar-refractivity contribution >= 4 is 27.7 Å². The van der Waals surface area contributed by atoms with Gasteiger partial charge in [-0.05, 0) is 200 Å². The van der Waals surface area contributed by atoms with E-state index in [9.17, 15) is 14.7 Å². The van der Waals surface area contributed by atoms with Crippen LogP contribution in [0.4, 0.5) is 0 Å². The zero-order valence-corrected chi connectivity index (χ0v) is 41.4. The Balaban J connectivity index is 0.000000390. The van der Waals surface area contributed by atoms with Gasteiger partial charge in [0.1, 0.15) is 23.0 Å². The molecule has 0 aromatic heterocycles. The Kier molecular flexibility index (Phi) is 19.1. The molecule has 0 atom stereocenters. The third kappa shape index (κ3) is 11.0. The van der Waals surface area contributed by atoms with Crippen molar-refractivity contribution in [3.63, 3.8) is 0 Å². The van der Waals surface area contributed by atoms with Crippen molar-refractivity contribution in [2.75, 3.05) is 49.5 Å². The standard InChI is InChI=1S/C14H21NO2.C13H19NO2.C11H15BrO.C11H16O/c1-8-10(3)13(17-7)11(4)9(2)12(8)14(16)15(5)6;1-7-9(3)12(15)10(4)8(2)11(7)13(16)14(5)6;1-6-8(3)11(13-5)9(4)7(2)10(6)12;1-7-6-8(2)10(4)11(12-5)9(7)3/h1-7H3;15H,1-6H3;1-5H3;6H,1-5H3. The normalized spacial score (nSPS) is 10.3. The van der Waals surface area contributed by atoms with E-state index in [1.807, 2.05) is 55.4 Å². The maximum absolute atomic E-state index is 12.2. The molecule has 4 aromatic rings. The molecule has 0 unspecified atom stereocenters. The van der Waals surface area contributed by atoms with E-state index >= 15 is 0 Å². The lowest BCUT2D eigenvalue weighted by molar-refractivity contribution is 0.0818. The van der Waals surface area contributed by atoms with Crippen LogP contribution in [0.15, 0.2) is 10.5 Å². The summed E-state index contributed by atoms with van der Waals surface area (Å²) in [6.45, 7) is 32.2. The molecule has 0 saturated heterocycles. The molecule has 9 heteroatoms. The van der Waals surface area contributed by atoms with E-state index in [0.717, 1.165) is 67.3 Å². The third-order valence-electron chi connectivity index (χ3n) is 11.8. The summed E-state index contributed by atoms with van der Waals surface area (Å²) < 4.78 is 17.3. The Morgan fingerprint density at radius 1 is 0.431 bits per heavy atom. The number of carbonyl (C=O) groups is 2. The smallest absolute Gasteiger partial charge is 0.253 e. The fraction of sp³-hybridized carbons (Fsp3) is 0.469. The Labute approximate surface area is 359 Å². The number of ether oxygens (including phenoxy) is 3. The van der Waals surface area contributed by atoms with Crippen molar-refractivity contribution in [2.45, 2.75) is 111 Å². The number of phenolic OH excluding ortho intramolecular Hbond substituents is 1. The molecule has 4 aromatic carbocycles. The predicted octanol–water partition coefficient (Wildman–Crippen LogP) is 11.6. The first-order chi connectivity index (χ1) is 26.7. The summed E-state index contributed by atoms with van der Waals surface area (Å²) in [5.41, 5.74) is 19.0. The number of rotatable bonds is 5. The van der Waals surface area contributed by atoms with Crippen molar-refractivity contribution in [2.24, 2.45) is 0 Å². The monoisotopic (exact) mass is 862 g/mol. The van der Waals surface area contributed by atoms with Crippen LogP contribution in [0.1, 0.15) is 110 Å². The fourth-order valence-electron chi connectivity index (χ4n) is 6.99. The van der Waals surface area contributed by atoms with Crippen LogP contribution in [-0.4, -0.2) is 76.2 Å². The van der Waals surface area contributed by atoms with E-state index in [4.69, 9.17) is 14.2 Å². The van der Waals surface area contributed by atoms with Crippen molar-refractivity contribution in [3.8, 4) is 23.0 Å². The minimum Gasteiger partial charge on any atom is -0.507 e. The van der Waals surface area contributed by atoms with Crippen molar-refractivity contribution < 1.29 is 28.9 Å². The van der Waals surface area contributed by atoms with E-state index in [0.29, 0.717) is 11.3 Å². The van der Waals surface area contributed by atoms with Crippen LogP contribution in [-0.2, 0) is 0 Å². The zero-order chi connectivity index (χ0) is 45.4. The molecule has 1 N–H and O–H groups in total. The molecular weight excluding hydrogens is 792 g/mol. The number of nitrogens with zero attached hydrogens (tertiary/aromatic N) is 2. The number of hydrogen-bond donors (Lipinski definition) is 1. The maximum atomic E-state index is 12.2. The molecule has 0 aliphatic heterocycles. The van der Waals surface area contributed by atoms with Crippen molar-refractivity contribution in [3.05, 3.63) is 111 Å². The van der Waals surface area contributed by atoms with Crippen LogP contribution < -0.4 is 14.2 Å². The Morgan fingerprint density at radius 2 is 0.672 bits per heavy atom. The number of phenols is 1. The molecule has 2 amide bonds. The van der Waals surface area contributed by atoms with Gasteiger partial charge in [0.2, 0.25) is 0 Å². The minimum atomic E-state index is -0.0128. The van der Waals surface area contributed by atoms with Gasteiger partial charge in [0.15, 0.2) is 0 Å². The van der Waals surface area contributed by atoms with E-state index in [1.165, 1.54) is 49.0 Å². The summed E-state index contributed by atoms with van der Waals surface area (Å²) >= 11 is 3.59. The Hall–Kier alpha value is -4.50. The predicted molar refractivity (Wildman–Crippen MR) is 247 cm³/mol. The number of aryl methyl sites for hydroxylation is 2. The SMILES string of the molecule is COc1c(C)c(C)c(Br)c(C)c1C.COc1c(C)c(C)c(C(=O)N(C)C)c(C)c1C.COc1c(C)c(C)cc(C)c1C.Cc1c(C)c(C(=O)N(C)C)c(C)c(C)c1O. The number of halogens is 1. The van der Waals surface area contributed by atoms with Crippen LogP contribution in [0.25, 0.3) is 0 Å². The van der Waals surface area contributed by atoms with Gasteiger partial charge < -0.3 is 29.1 Å². The average Bonchev–Trinajstić information content (AvgIpc) is 3.17. The van der Waals surface area contributed by atoms with E-state index < -0.39 is 0 Å².